The number of thiazole rings is 1. The van der Waals surface area contributed by atoms with E-state index in [2.05, 4.69) is 29.1 Å². The summed E-state index contributed by atoms with van der Waals surface area (Å²) in [6, 6.07) is 3.35. The highest BCUT2D eigenvalue weighted by Crippen LogP contribution is 2.27. The topological polar surface area (TPSA) is 37.8 Å². The standard InChI is InChI=1S/C13H16FN3S/c1-3-6-15-9(2)12-8-17-13(18-12)11-5-4-10(14)7-16-11/h4-5,7-9,15H,3,6H2,1-2H3. The van der Waals surface area contributed by atoms with Gasteiger partial charge in [0.05, 0.1) is 11.9 Å². The molecular formula is C13H16FN3S. The van der Waals surface area contributed by atoms with E-state index >= 15 is 0 Å². The molecule has 2 heterocycles. The van der Waals surface area contributed by atoms with Crippen molar-refractivity contribution in [3.05, 3.63) is 35.2 Å². The zero-order chi connectivity index (χ0) is 13.0. The molecule has 1 atom stereocenters. The fourth-order valence-electron chi connectivity index (χ4n) is 1.57. The number of hydrogen-bond acceptors (Lipinski definition) is 4. The number of aromatic nitrogens is 2. The fraction of sp³-hybridized carbons (Fsp3) is 0.385. The first kappa shape index (κ1) is 13.1. The summed E-state index contributed by atoms with van der Waals surface area (Å²) in [5.41, 5.74) is 0.718. The van der Waals surface area contributed by atoms with Crippen LogP contribution >= 0.6 is 11.3 Å². The Morgan fingerprint density at radius 3 is 2.83 bits per heavy atom. The SMILES string of the molecule is CCCNC(C)c1cnc(-c2ccc(F)cn2)s1. The molecule has 2 rings (SSSR count). The molecule has 0 aromatic carbocycles. The second-order valence-electron chi connectivity index (χ2n) is 4.11. The van der Waals surface area contributed by atoms with Crippen molar-refractivity contribution in [2.75, 3.05) is 6.54 Å². The van der Waals surface area contributed by atoms with E-state index < -0.39 is 0 Å². The second kappa shape index (κ2) is 6.02. The molecule has 1 N–H and O–H groups in total. The highest BCUT2D eigenvalue weighted by molar-refractivity contribution is 7.15. The zero-order valence-electron chi connectivity index (χ0n) is 10.5. The predicted molar refractivity (Wildman–Crippen MR) is 72.0 cm³/mol. The molecule has 0 fully saturated rings. The monoisotopic (exact) mass is 265 g/mol. The van der Waals surface area contributed by atoms with Crippen LogP contribution in [0.25, 0.3) is 10.7 Å². The van der Waals surface area contributed by atoms with E-state index in [1.165, 1.54) is 17.1 Å². The van der Waals surface area contributed by atoms with Crippen LogP contribution in [0.2, 0.25) is 0 Å². The van der Waals surface area contributed by atoms with Crippen LogP contribution in [0.3, 0.4) is 0 Å². The average Bonchev–Trinajstić information content (AvgIpc) is 2.86. The van der Waals surface area contributed by atoms with Gasteiger partial charge in [-0.2, -0.15) is 0 Å². The van der Waals surface area contributed by atoms with Crippen molar-refractivity contribution < 1.29 is 4.39 Å². The summed E-state index contributed by atoms with van der Waals surface area (Å²) in [7, 11) is 0. The van der Waals surface area contributed by atoms with Crippen molar-refractivity contribution in [1.82, 2.24) is 15.3 Å². The molecule has 0 saturated carbocycles. The molecule has 0 saturated heterocycles. The lowest BCUT2D eigenvalue weighted by Gasteiger charge is -2.09. The number of rotatable bonds is 5. The molecule has 0 bridgehead atoms. The zero-order valence-corrected chi connectivity index (χ0v) is 11.3. The minimum absolute atomic E-state index is 0.289. The van der Waals surface area contributed by atoms with Crippen molar-refractivity contribution >= 4 is 11.3 Å². The highest BCUT2D eigenvalue weighted by atomic mass is 32.1. The van der Waals surface area contributed by atoms with E-state index in [0.29, 0.717) is 0 Å². The first-order valence-electron chi connectivity index (χ1n) is 6.01. The van der Waals surface area contributed by atoms with Crippen molar-refractivity contribution in [2.24, 2.45) is 0 Å². The molecule has 0 spiro atoms. The molecule has 0 radical (unpaired) electrons. The van der Waals surface area contributed by atoms with Gasteiger partial charge in [0.1, 0.15) is 10.8 Å². The Bertz CT molecular complexity index is 495. The van der Waals surface area contributed by atoms with E-state index in [9.17, 15) is 4.39 Å². The van der Waals surface area contributed by atoms with Crippen LogP contribution in [-0.4, -0.2) is 16.5 Å². The molecule has 1 unspecified atom stereocenters. The summed E-state index contributed by atoms with van der Waals surface area (Å²) in [5.74, 6) is -0.325. The van der Waals surface area contributed by atoms with Crippen LogP contribution in [0, 0.1) is 5.82 Å². The maximum absolute atomic E-state index is 12.8. The molecule has 5 heteroatoms. The van der Waals surface area contributed by atoms with Crippen molar-refractivity contribution in [1.29, 1.82) is 0 Å². The van der Waals surface area contributed by atoms with Crippen molar-refractivity contribution in [3.8, 4) is 10.7 Å². The van der Waals surface area contributed by atoms with Gasteiger partial charge in [-0.1, -0.05) is 6.92 Å². The third-order valence-electron chi connectivity index (χ3n) is 2.60. The van der Waals surface area contributed by atoms with Gasteiger partial charge in [0, 0.05) is 17.1 Å². The Hall–Kier alpha value is -1.33. The second-order valence-corrected chi connectivity index (χ2v) is 5.17. The van der Waals surface area contributed by atoms with Gasteiger partial charge in [0.2, 0.25) is 0 Å². The van der Waals surface area contributed by atoms with Crippen LogP contribution in [0.15, 0.2) is 24.5 Å². The van der Waals surface area contributed by atoms with Crippen molar-refractivity contribution in [2.45, 2.75) is 26.3 Å². The number of nitrogens with one attached hydrogen (secondary N) is 1. The van der Waals surface area contributed by atoms with Crippen molar-refractivity contribution in [3.63, 3.8) is 0 Å². The summed E-state index contributed by atoms with van der Waals surface area (Å²) >= 11 is 1.59. The molecule has 18 heavy (non-hydrogen) atoms. The number of hydrogen-bond donors (Lipinski definition) is 1. The molecule has 2 aromatic rings. The Morgan fingerprint density at radius 1 is 1.33 bits per heavy atom. The molecule has 0 aliphatic rings. The lowest BCUT2D eigenvalue weighted by Crippen LogP contribution is -2.18. The molecular weight excluding hydrogens is 249 g/mol. The quantitative estimate of drug-likeness (QED) is 0.900. The molecule has 0 amide bonds. The molecule has 3 nitrogen and oxygen atoms in total. The van der Waals surface area contributed by atoms with Gasteiger partial charge in [0.25, 0.3) is 0 Å². The normalized spacial score (nSPS) is 12.6. The van der Waals surface area contributed by atoms with Gasteiger partial charge in [-0.05, 0) is 32.0 Å². The first-order chi connectivity index (χ1) is 8.70. The van der Waals surface area contributed by atoms with Gasteiger partial charge < -0.3 is 5.32 Å². The maximum Gasteiger partial charge on any atom is 0.142 e. The largest absolute Gasteiger partial charge is 0.309 e. The van der Waals surface area contributed by atoms with Crippen LogP contribution in [-0.2, 0) is 0 Å². The van der Waals surface area contributed by atoms with E-state index in [1.54, 1.807) is 17.4 Å². The summed E-state index contributed by atoms with van der Waals surface area (Å²) < 4.78 is 12.8. The van der Waals surface area contributed by atoms with Crippen LogP contribution in [0.4, 0.5) is 4.39 Å². The van der Waals surface area contributed by atoms with E-state index in [1.807, 2.05) is 6.20 Å². The molecule has 96 valence electrons. The van der Waals surface area contributed by atoms with Gasteiger partial charge in [0.15, 0.2) is 0 Å². The van der Waals surface area contributed by atoms with Gasteiger partial charge in [-0.3, -0.25) is 4.98 Å². The Morgan fingerprint density at radius 2 is 2.17 bits per heavy atom. The first-order valence-corrected chi connectivity index (χ1v) is 6.83. The Balaban J connectivity index is 2.12. The maximum atomic E-state index is 12.8. The molecule has 0 aliphatic carbocycles. The Labute approximate surface area is 110 Å². The highest BCUT2D eigenvalue weighted by Gasteiger charge is 2.11. The lowest BCUT2D eigenvalue weighted by molar-refractivity contribution is 0.577. The third-order valence-corrected chi connectivity index (χ3v) is 3.80. The molecule has 2 aromatic heterocycles. The predicted octanol–water partition coefficient (Wildman–Crippen LogP) is 3.40. The van der Waals surface area contributed by atoms with Crippen LogP contribution in [0.1, 0.15) is 31.2 Å². The smallest absolute Gasteiger partial charge is 0.142 e. The van der Waals surface area contributed by atoms with Gasteiger partial charge >= 0.3 is 0 Å². The summed E-state index contributed by atoms with van der Waals surface area (Å²) in [4.78, 5) is 9.55. The number of halogens is 1. The third kappa shape index (κ3) is 3.11. The van der Waals surface area contributed by atoms with Crippen LogP contribution < -0.4 is 5.32 Å². The summed E-state index contributed by atoms with van der Waals surface area (Å²) in [6.07, 6.45) is 4.18. The molecule has 0 aliphatic heterocycles. The average molecular weight is 265 g/mol. The van der Waals surface area contributed by atoms with Gasteiger partial charge in [-0.25, -0.2) is 9.37 Å². The van der Waals surface area contributed by atoms with Gasteiger partial charge in [-0.15, -0.1) is 11.3 Å². The summed E-state index contributed by atoms with van der Waals surface area (Å²) in [6.45, 7) is 5.24. The van der Waals surface area contributed by atoms with E-state index in [4.69, 9.17) is 0 Å². The minimum Gasteiger partial charge on any atom is -0.309 e. The van der Waals surface area contributed by atoms with E-state index in [0.717, 1.165) is 23.7 Å². The minimum atomic E-state index is -0.325. The number of nitrogens with zero attached hydrogens (tertiary/aromatic N) is 2. The fourth-order valence-corrected chi connectivity index (χ4v) is 2.49. The summed E-state index contributed by atoms with van der Waals surface area (Å²) in [5, 5.41) is 4.24. The lowest BCUT2D eigenvalue weighted by atomic mass is 10.3. The van der Waals surface area contributed by atoms with Crippen LogP contribution in [0.5, 0.6) is 0 Å². The number of pyridine rings is 1. The van der Waals surface area contributed by atoms with E-state index in [-0.39, 0.29) is 11.9 Å². The Kier molecular flexibility index (Phi) is 4.38.